The minimum Gasteiger partial charge on any atom is -1.00 e. The number of carbonyl (C=O) groups is 1. The molecule has 0 fully saturated rings. The van der Waals surface area contributed by atoms with Crippen LogP contribution in [0.1, 0.15) is 27.7 Å². The third kappa shape index (κ3) is 5.16. The molecule has 0 spiro atoms. The number of nitrogens with one attached hydrogen (secondary N) is 1. The minimum atomic E-state index is 0. The number of fused-ring (bicyclic) bond motifs is 2. The highest BCUT2D eigenvalue weighted by Crippen LogP contribution is 2.48. The van der Waals surface area contributed by atoms with Gasteiger partial charge < -0.3 is 17.3 Å². The predicted octanol–water partition coefficient (Wildman–Crippen LogP) is 1.90. The number of nitrogens with zero attached hydrogens (tertiary/aromatic N) is 2. The minimum absolute atomic E-state index is 0. The molecule has 1 aliphatic heterocycles. The van der Waals surface area contributed by atoms with E-state index in [-0.39, 0.29) is 17.6 Å². The topological polar surface area (TPSA) is 37.6 Å². The number of anilines is 2. The van der Waals surface area contributed by atoms with E-state index in [1.165, 1.54) is 16.7 Å². The van der Waals surface area contributed by atoms with Gasteiger partial charge in [-0.15, -0.1) is 0 Å². The average Bonchev–Trinajstić information content (AvgIpc) is 2.62. The maximum atomic E-state index is 13.1. The number of rotatable bonds is 5. The van der Waals surface area contributed by atoms with Gasteiger partial charge in [0.1, 0.15) is 0 Å². The fourth-order valence-corrected chi connectivity index (χ4v) is 5.48. The molecule has 28 heavy (non-hydrogen) atoms. The van der Waals surface area contributed by atoms with Gasteiger partial charge in [0.25, 0.3) is 5.24 Å². The Labute approximate surface area is 186 Å². The van der Waals surface area contributed by atoms with Gasteiger partial charge in [-0.3, -0.25) is 9.69 Å². The molecule has 4 nitrogen and oxygen atoms in total. The van der Waals surface area contributed by atoms with Crippen LogP contribution in [0.4, 0.5) is 16.3 Å². The summed E-state index contributed by atoms with van der Waals surface area (Å²) in [6.07, 6.45) is 1.60. The van der Waals surface area contributed by atoms with Gasteiger partial charge in [0.15, 0.2) is 5.82 Å². The predicted molar refractivity (Wildman–Crippen MR) is 116 cm³/mol. The molecule has 3 rings (SSSR count). The van der Waals surface area contributed by atoms with Crippen molar-refractivity contribution in [2.75, 3.05) is 17.2 Å². The highest BCUT2D eigenvalue weighted by molar-refractivity contribution is 8.14. The summed E-state index contributed by atoms with van der Waals surface area (Å²) in [5, 5.41) is 0.583. The summed E-state index contributed by atoms with van der Waals surface area (Å²) in [6.45, 7) is 9.86. The monoisotopic (exact) mass is 457 g/mol. The first-order valence-electron chi connectivity index (χ1n) is 9.13. The standard InChI is InChI=1S/C20H24ClN3OS2.ClH/c1-13(2)23(14(3)4)9-10-26-20(25)24-16-7-5-6-8-17(16)27-18-11-15(21)12-22-19(18)24;/h5-8,11-14H,9-10H2,1-4H3;1H. The Morgan fingerprint density at radius 1 is 1.21 bits per heavy atom. The quantitative estimate of drug-likeness (QED) is 0.743. The number of aromatic nitrogens is 1. The lowest BCUT2D eigenvalue weighted by Gasteiger charge is -2.30. The Hall–Kier alpha value is -0.920. The van der Waals surface area contributed by atoms with Gasteiger partial charge in [-0.1, -0.05) is 47.3 Å². The molecule has 2 aromatic rings. The molecule has 1 aromatic heterocycles. The smallest absolute Gasteiger partial charge is 0.292 e. The Morgan fingerprint density at radius 2 is 1.89 bits per heavy atom. The molecule has 0 aliphatic carbocycles. The summed E-state index contributed by atoms with van der Waals surface area (Å²) < 4.78 is 0. The Morgan fingerprint density at radius 3 is 2.57 bits per heavy atom. The van der Waals surface area contributed by atoms with E-state index in [2.05, 4.69) is 32.7 Å². The highest BCUT2D eigenvalue weighted by Gasteiger charge is 2.30. The number of thioether (sulfide) groups is 1. The van der Waals surface area contributed by atoms with Gasteiger partial charge in [-0.05, 0) is 45.9 Å². The van der Waals surface area contributed by atoms with E-state index in [1.54, 1.807) is 22.9 Å². The number of para-hydroxylation sites is 1. The second kappa shape index (κ2) is 10.2. The van der Waals surface area contributed by atoms with Gasteiger partial charge in [-0.2, -0.15) is 0 Å². The van der Waals surface area contributed by atoms with E-state index < -0.39 is 0 Å². The number of halogens is 2. The van der Waals surface area contributed by atoms with Crippen molar-refractivity contribution < 1.29 is 22.1 Å². The van der Waals surface area contributed by atoms with Crippen molar-refractivity contribution in [1.29, 1.82) is 0 Å². The van der Waals surface area contributed by atoms with Crippen LogP contribution in [0, 0.1) is 0 Å². The van der Waals surface area contributed by atoms with Crippen molar-refractivity contribution in [3.63, 3.8) is 0 Å². The van der Waals surface area contributed by atoms with Crippen LogP contribution in [0.3, 0.4) is 0 Å². The first-order chi connectivity index (χ1) is 12.9. The van der Waals surface area contributed by atoms with Gasteiger partial charge in [0.05, 0.1) is 40.0 Å². The second-order valence-corrected chi connectivity index (χ2v) is 9.70. The van der Waals surface area contributed by atoms with Crippen molar-refractivity contribution in [2.45, 2.75) is 49.6 Å². The van der Waals surface area contributed by atoms with Gasteiger partial charge in [0.2, 0.25) is 0 Å². The van der Waals surface area contributed by atoms with Crippen LogP contribution in [0.5, 0.6) is 0 Å². The Kier molecular flexibility index (Phi) is 8.52. The Bertz CT molecular complexity index is 825. The molecule has 0 saturated carbocycles. The van der Waals surface area contributed by atoms with Crippen LogP contribution in [-0.2, 0) is 0 Å². The van der Waals surface area contributed by atoms with Crippen molar-refractivity contribution in [1.82, 2.24) is 4.98 Å². The fourth-order valence-electron chi connectivity index (χ4n) is 3.37. The molecule has 2 heterocycles. The second-order valence-electron chi connectivity index (χ2n) is 7.13. The van der Waals surface area contributed by atoms with Gasteiger partial charge in [0, 0.05) is 11.1 Å². The summed E-state index contributed by atoms with van der Waals surface area (Å²) in [4.78, 5) is 22.8. The lowest BCUT2D eigenvalue weighted by Crippen LogP contribution is -3.18. The molecule has 0 atom stereocenters. The van der Waals surface area contributed by atoms with Gasteiger partial charge in [-0.25, -0.2) is 4.98 Å². The fraction of sp³-hybridized carbons (Fsp3) is 0.400. The zero-order chi connectivity index (χ0) is 19.6. The van der Waals surface area contributed by atoms with Crippen LogP contribution in [0.15, 0.2) is 46.3 Å². The van der Waals surface area contributed by atoms with Crippen LogP contribution < -0.4 is 22.2 Å². The summed E-state index contributed by atoms with van der Waals surface area (Å²) in [5.41, 5.74) is 0.888. The molecule has 152 valence electrons. The number of hydrogen-bond donors (Lipinski definition) is 1. The first kappa shape index (κ1) is 23.4. The summed E-state index contributed by atoms with van der Waals surface area (Å²) in [6, 6.07) is 10.9. The third-order valence-corrected chi connectivity index (χ3v) is 6.75. The number of hydrogen-bond acceptors (Lipinski definition) is 4. The van der Waals surface area contributed by atoms with Crippen LogP contribution in [-0.4, -0.2) is 34.6 Å². The molecule has 1 aromatic carbocycles. The average molecular weight is 458 g/mol. The molecule has 0 saturated heterocycles. The van der Waals surface area contributed by atoms with E-state index in [0.29, 0.717) is 22.9 Å². The maximum absolute atomic E-state index is 13.1. The molecule has 1 N–H and O–H groups in total. The number of amides is 1. The molecule has 0 unspecified atom stereocenters. The largest absolute Gasteiger partial charge is 1.00 e. The van der Waals surface area contributed by atoms with Gasteiger partial charge >= 0.3 is 0 Å². The maximum Gasteiger partial charge on any atom is 0.292 e. The molecule has 0 radical (unpaired) electrons. The van der Waals surface area contributed by atoms with Crippen LogP contribution in [0.2, 0.25) is 5.02 Å². The number of quaternary nitrogens is 1. The SMILES string of the molecule is CC(C)[NH+](CCSC(=O)N1c2ccccc2Sc2cc(Cl)cnc21)C(C)C.[Cl-]. The van der Waals surface area contributed by atoms with Crippen LogP contribution >= 0.6 is 35.1 Å². The summed E-state index contributed by atoms with van der Waals surface area (Å²) >= 11 is 9.08. The van der Waals surface area contributed by atoms with Crippen LogP contribution in [0.25, 0.3) is 0 Å². The molecular weight excluding hydrogens is 433 g/mol. The molecule has 8 heteroatoms. The molecular formula is C20H25Cl2N3OS2. The van der Waals surface area contributed by atoms with E-state index >= 15 is 0 Å². The summed E-state index contributed by atoms with van der Waals surface area (Å²) in [7, 11) is 0. The van der Waals surface area contributed by atoms with Crippen molar-refractivity contribution >= 4 is 51.9 Å². The van der Waals surface area contributed by atoms with Crippen molar-refractivity contribution in [3.8, 4) is 0 Å². The van der Waals surface area contributed by atoms with E-state index in [0.717, 1.165) is 27.8 Å². The Balaban J connectivity index is 0.00000280. The van der Waals surface area contributed by atoms with E-state index in [9.17, 15) is 4.79 Å². The van der Waals surface area contributed by atoms with E-state index in [1.807, 2.05) is 30.3 Å². The molecule has 1 amide bonds. The molecule has 0 bridgehead atoms. The molecule has 1 aliphatic rings. The first-order valence-corrected chi connectivity index (χ1v) is 11.3. The highest BCUT2D eigenvalue weighted by atomic mass is 35.5. The van der Waals surface area contributed by atoms with Crippen molar-refractivity contribution in [2.24, 2.45) is 0 Å². The normalized spacial score (nSPS) is 12.8. The lowest BCUT2D eigenvalue weighted by molar-refractivity contribution is -0.939. The zero-order valence-electron chi connectivity index (χ0n) is 16.4. The number of pyridine rings is 1. The zero-order valence-corrected chi connectivity index (χ0v) is 19.6. The third-order valence-electron chi connectivity index (χ3n) is 4.62. The number of carbonyl (C=O) groups excluding carboxylic acids is 1. The number of benzene rings is 1. The summed E-state index contributed by atoms with van der Waals surface area (Å²) in [5.74, 6) is 1.44. The van der Waals surface area contributed by atoms with E-state index in [4.69, 9.17) is 11.6 Å². The lowest BCUT2D eigenvalue weighted by atomic mass is 10.2. The van der Waals surface area contributed by atoms with Crippen molar-refractivity contribution in [3.05, 3.63) is 41.6 Å².